The highest BCUT2D eigenvalue weighted by Gasteiger charge is 2.06. The summed E-state index contributed by atoms with van der Waals surface area (Å²) in [4.78, 5) is 19.2. The van der Waals surface area contributed by atoms with Gasteiger partial charge in [0.2, 0.25) is 0 Å². The van der Waals surface area contributed by atoms with Crippen molar-refractivity contribution in [2.24, 2.45) is 5.16 Å². The molecule has 0 unspecified atom stereocenters. The van der Waals surface area contributed by atoms with Crippen LogP contribution in [0.25, 0.3) is 0 Å². The Labute approximate surface area is 159 Å². The predicted molar refractivity (Wildman–Crippen MR) is 106 cm³/mol. The van der Waals surface area contributed by atoms with Crippen LogP contribution in [0.15, 0.2) is 70.3 Å². The molecule has 0 bridgehead atoms. The summed E-state index contributed by atoms with van der Waals surface area (Å²) in [5.74, 6) is 0.392. The number of hydrogen-bond donors (Lipinski definition) is 1. The van der Waals surface area contributed by atoms with E-state index in [1.807, 2.05) is 54.8 Å². The number of amides is 1. The Hall–Kier alpha value is -2.58. The SMILES string of the molecule is CC(=NOCC(=O)Nc1cnn(CSc2ccccc2)c1)c1cccs1. The number of oxime groups is 1. The molecule has 2 heterocycles. The summed E-state index contributed by atoms with van der Waals surface area (Å²) in [5.41, 5.74) is 1.38. The normalized spacial score (nSPS) is 11.3. The molecule has 0 spiro atoms. The molecule has 0 radical (unpaired) electrons. The number of nitrogens with zero attached hydrogens (tertiary/aromatic N) is 3. The monoisotopic (exact) mass is 386 g/mol. The lowest BCUT2D eigenvalue weighted by molar-refractivity contribution is -0.120. The number of carbonyl (C=O) groups excluding carboxylic acids is 1. The highest BCUT2D eigenvalue weighted by Crippen LogP contribution is 2.19. The van der Waals surface area contributed by atoms with E-state index in [1.165, 1.54) is 4.90 Å². The van der Waals surface area contributed by atoms with Crippen molar-refractivity contribution in [2.75, 3.05) is 11.9 Å². The van der Waals surface area contributed by atoms with Gasteiger partial charge in [-0.25, -0.2) is 0 Å². The van der Waals surface area contributed by atoms with Crippen LogP contribution in [0, 0.1) is 0 Å². The van der Waals surface area contributed by atoms with Gasteiger partial charge >= 0.3 is 0 Å². The fourth-order valence-electron chi connectivity index (χ4n) is 2.07. The molecule has 8 heteroatoms. The largest absolute Gasteiger partial charge is 0.385 e. The zero-order valence-electron chi connectivity index (χ0n) is 14.2. The van der Waals surface area contributed by atoms with Gasteiger partial charge in [0.25, 0.3) is 5.91 Å². The molecule has 0 fully saturated rings. The number of aromatic nitrogens is 2. The highest BCUT2D eigenvalue weighted by molar-refractivity contribution is 7.98. The van der Waals surface area contributed by atoms with Crippen LogP contribution in [0.5, 0.6) is 0 Å². The summed E-state index contributed by atoms with van der Waals surface area (Å²) in [6, 6.07) is 14.0. The van der Waals surface area contributed by atoms with Gasteiger partial charge in [-0.05, 0) is 30.5 Å². The molecule has 6 nitrogen and oxygen atoms in total. The molecule has 0 aliphatic heterocycles. The molecule has 3 aromatic rings. The van der Waals surface area contributed by atoms with Crippen molar-refractivity contribution in [3.05, 3.63) is 65.1 Å². The molecule has 2 aromatic heterocycles. The molecule has 134 valence electrons. The lowest BCUT2D eigenvalue weighted by Crippen LogP contribution is -2.17. The zero-order valence-corrected chi connectivity index (χ0v) is 15.8. The lowest BCUT2D eigenvalue weighted by Gasteiger charge is -2.03. The number of rotatable bonds is 8. The Morgan fingerprint density at radius 2 is 2.15 bits per heavy atom. The van der Waals surface area contributed by atoms with Gasteiger partial charge in [0, 0.05) is 11.1 Å². The summed E-state index contributed by atoms with van der Waals surface area (Å²) in [7, 11) is 0. The zero-order chi connectivity index (χ0) is 18.2. The Balaban J connectivity index is 1.43. The van der Waals surface area contributed by atoms with Gasteiger partial charge in [-0.3, -0.25) is 9.48 Å². The van der Waals surface area contributed by atoms with Crippen molar-refractivity contribution in [1.29, 1.82) is 0 Å². The van der Waals surface area contributed by atoms with E-state index in [0.717, 1.165) is 10.6 Å². The molecule has 1 amide bonds. The molecule has 0 atom stereocenters. The van der Waals surface area contributed by atoms with Gasteiger partial charge in [0.05, 0.1) is 28.3 Å². The smallest absolute Gasteiger partial charge is 0.265 e. The average molecular weight is 387 g/mol. The molecule has 3 rings (SSSR count). The predicted octanol–water partition coefficient (Wildman–Crippen LogP) is 4.07. The van der Waals surface area contributed by atoms with Crippen molar-refractivity contribution in [3.63, 3.8) is 0 Å². The maximum absolute atomic E-state index is 11.9. The second-order valence-electron chi connectivity index (χ2n) is 5.33. The van der Waals surface area contributed by atoms with Crippen LogP contribution in [-0.2, 0) is 15.5 Å². The number of anilines is 1. The third-order valence-corrected chi connectivity index (χ3v) is 5.28. The molecule has 0 saturated heterocycles. The van der Waals surface area contributed by atoms with Crippen LogP contribution in [-0.4, -0.2) is 28.0 Å². The summed E-state index contributed by atoms with van der Waals surface area (Å²) in [6.45, 7) is 1.70. The number of thiophene rings is 1. The number of benzene rings is 1. The first-order valence-electron chi connectivity index (χ1n) is 7.91. The quantitative estimate of drug-likeness (QED) is 0.360. The molecule has 0 aliphatic carbocycles. The summed E-state index contributed by atoms with van der Waals surface area (Å²) in [5, 5.41) is 12.9. The Morgan fingerprint density at radius 1 is 1.31 bits per heavy atom. The Kier molecular flexibility index (Phi) is 6.45. The van der Waals surface area contributed by atoms with Crippen LogP contribution in [0.1, 0.15) is 11.8 Å². The third-order valence-electron chi connectivity index (χ3n) is 3.30. The van der Waals surface area contributed by atoms with Crippen molar-refractivity contribution < 1.29 is 9.63 Å². The minimum Gasteiger partial charge on any atom is -0.385 e. The first-order valence-corrected chi connectivity index (χ1v) is 9.78. The average Bonchev–Trinajstić information content (AvgIpc) is 3.33. The van der Waals surface area contributed by atoms with Crippen LogP contribution in [0.2, 0.25) is 0 Å². The van der Waals surface area contributed by atoms with Gasteiger partial charge in [-0.2, -0.15) is 5.10 Å². The van der Waals surface area contributed by atoms with Crippen molar-refractivity contribution in [1.82, 2.24) is 9.78 Å². The molecular weight excluding hydrogens is 368 g/mol. The van der Waals surface area contributed by atoms with Crippen molar-refractivity contribution in [3.8, 4) is 0 Å². The first kappa shape index (κ1) is 18.2. The van der Waals surface area contributed by atoms with E-state index in [0.29, 0.717) is 11.6 Å². The van der Waals surface area contributed by atoms with Gasteiger partial charge in [-0.1, -0.05) is 29.4 Å². The molecule has 1 N–H and O–H groups in total. The maximum atomic E-state index is 11.9. The van der Waals surface area contributed by atoms with E-state index in [2.05, 4.69) is 15.6 Å². The van der Waals surface area contributed by atoms with E-state index < -0.39 is 0 Å². The van der Waals surface area contributed by atoms with Crippen molar-refractivity contribution in [2.45, 2.75) is 17.7 Å². The van der Waals surface area contributed by atoms with Crippen LogP contribution < -0.4 is 5.32 Å². The molecule has 0 saturated carbocycles. The van der Waals surface area contributed by atoms with E-state index in [1.54, 1.807) is 40.2 Å². The first-order chi connectivity index (χ1) is 12.7. The number of hydrogen-bond acceptors (Lipinski definition) is 6. The maximum Gasteiger partial charge on any atom is 0.265 e. The summed E-state index contributed by atoms with van der Waals surface area (Å²) in [6.07, 6.45) is 3.40. The van der Waals surface area contributed by atoms with Crippen molar-refractivity contribution >= 4 is 40.4 Å². The lowest BCUT2D eigenvalue weighted by atomic mass is 10.3. The number of carbonyl (C=O) groups is 1. The van der Waals surface area contributed by atoms with Crippen LogP contribution in [0.4, 0.5) is 5.69 Å². The Morgan fingerprint density at radius 3 is 2.92 bits per heavy atom. The van der Waals surface area contributed by atoms with E-state index in [-0.39, 0.29) is 12.5 Å². The van der Waals surface area contributed by atoms with Crippen LogP contribution in [0.3, 0.4) is 0 Å². The fourth-order valence-corrected chi connectivity index (χ4v) is 3.51. The standard InChI is InChI=1S/C18H18N4O2S2/c1-14(17-8-5-9-25-17)21-24-12-18(23)20-15-10-19-22(11-15)13-26-16-6-3-2-4-7-16/h2-11H,12-13H2,1H3,(H,20,23). The van der Waals surface area contributed by atoms with E-state index in [4.69, 9.17) is 4.84 Å². The Bertz CT molecular complexity index is 860. The van der Waals surface area contributed by atoms with E-state index in [9.17, 15) is 4.79 Å². The second kappa shape index (κ2) is 9.21. The second-order valence-corrected chi connectivity index (χ2v) is 7.30. The molecule has 26 heavy (non-hydrogen) atoms. The summed E-state index contributed by atoms with van der Waals surface area (Å²) >= 11 is 3.24. The molecule has 1 aromatic carbocycles. The van der Waals surface area contributed by atoms with Crippen LogP contribution >= 0.6 is 23.1 Å². The van der Waals surface area contributed by atoms with Gasteiger partial charge in [0.15, 0.2) is 6.61 Å². The molecular formula is C18H18N4O2S2. The number of nitrogens with one attached hydrogen (secondary N) is 1. The van der Waals surface area contributed by atoms with Gasteiger partial charge in [0.1, 0.15) is 0 Å². The summed E-state index contributed by atoms with van der Waals surface area (Å²) < 4.78 is 1.77. The van der Waals surface area contributed by atoms with Gasteiger partial charge in [-0.15, -0.1) is 23.1 Å². The fraction of sp³-hybridized carbons (Fsp3) is 0.167. The minimum absolute atomic E-state index is 0.146. The topological polar surface area (TPSA) is 68.5 Å². The highest BCUT2D eigenvalue weighted by atomic mass is 32.2. The minimum atomic E-state index is -0.275. The number of thioether (sulfide) groups is 1. The van der Waals surface area contributed by atoms with Gasteiger partial charge < -0.3 is 10.2 Å². The third kappa shape index (κ3) is 5.47. The molecule has 0 aliphatic rings. The van der Waals surface area contributed by atoms with E-state index >= 15 is 0 Å².